The lowest BCUT2D eigenvalue weighted by molar-refractivity contribution is 0.306. The maximum absolute atomic E-state index is 6.05. The molecule has 0 fully saturated rings. The van der Waals surface area contributed by atoms with E-state index in [4.69, 9.17) is 16.3 Å². The molecule has 20 heavy (non-hydrogen) atoms. The number of pyridine rings is 1. The van der Waals surface area contributed by atoms with Gasteiger partial charge in [0.1, 0.15) is 12.4 Å². The van der Waals surface area contributed by atoms with Gasteiger partial charge in [-0.1, -0.05) is 37.6 Å². The normalized spacial score (nSPS) is 10.8. The summed E-state index contributed by atoms with van der Waals surface area (Å²) in [5, 5.41) is 4.02. The third kappa shape index (κ3) is 4.51. The quantitative estimate of drug-likeness (QED) is 0.878. The van der Waals surface area contributed by atoms with Gasteiger partial charge in [-0.25, -0.2) is 0 Å². The molecule has 0 radical (unpaired) electrons. The van der Waals surface area contributed by atoms with Crippen LogP contribution in [0.3, 0.4) is 0 Å². The van der Waals surface area contributed by atoms with E-state index in [9.17, 15) is 0 Å². The van der Waals surface area contributed by atoms with Crippen LogP contribution in [0.1, 0.15) is 25.0 Å². The van der Waals surface area contributed by atoms with E-state index in [2.05, 4.69) is 30.2 Å². The Balaban J connectivity index is 1.96. The summed E-state index contributed by atoms with van der Waals surface area (Å²) in [6.45, 7) is 5.55. The fourth-order valence-corrected chi connectivity index (χ4v) is 1.92. The molecule has 0 saturated heterocycles. The van der Waals surface area contributed by atoms with Crippen molar-refractivity contribution < 1.29 is 4.74 Å². The maximum atomic E-state index is 6.05. The molecule has 1 aromatic heterocycles. The molecule has 3 nitrogen and oxygen atoms in total. The smallest absolute Gasteiger partial charge is 0.120 e. The number of hydrogen-bond acceptors (Lipinski definition) is 3. The highest BCUT2D eigenvalue weighted by atomic mass is 35.5. The zero-order chi connectivity index (χ0) is 14.4. The predicted molar refractivity (Wildman–Crippen MR) is 82.0 cm³/mol. The van der Waals surface area contributed by atoms with E-state index in [1.54, 1.807) is 12.4 Å². The Kier molecular flexibility index (Phi) is 5.39. The summed E-state index contributed by atoms with van der Waals surface area (Å²) in [4.78, 5) is 3.96. The minimum Gasteiger partial charge on any atom is -0.489 e. The Bertz CT molecular complexity index is 558. The van der Waals surface area contributed by atoms with E-state index in [1.165, 1.54) is 5.56 Å². The Hall–Kier alpha value is -1.58. The molecular weight excluding hydrogens is 272 g/mol. The molecule has 0 aliphatic rings. The Morgan fingerprint density at radius 2 is 2.15 bits per heavy atom. The number of hydrogen-bond donors (Lipinski definition) is 1. The monoisotopic (exact) mass is 290 g/mol. The zero-order valence-electron chi connectivity index (χ0n) is 11.8. The molecule has 0 amide bonds. The van der Waals surface area contributed by atoms with Crippen molar-refractivity contribution in [3.63, 3.8) is 0 Å². The molecule has 106 valence electrons. The highest BCUT2D eigenvalue weighted by molar-refractivity contribution is 6.31. The molecule has 1 aromatic carbocycles. The van der Waals surface area contributed by atoms with Crippen LogP contribution in [0.15, 0.2) is 42.7 Å². The molecule has 0 unspecified atom stereocenters. The van der Waals surface area contributed by atoms with Crippen LogP contribution in [0.25, 0.3) is 0 Å². The van der Waals surface area contributed by atoms with Crippen molar-refractivity contribution in [3.8, 4) is 5.75 Å². The summed E-state index contributed by atoms with van der Waals surface area (Å²) in [5.41, 5.74) is 2.14. The fraction of sp³-hybridized carbons (Fsp3) is 0.312. The number of ether oxygens (including phenoxy) is 1. The number of halogens is 1. The summed E-state index contributed by atoms with van der Waals surface area (Å²) in [7, 11) is 0. The van der Waals surface area contributed by atoms with Crippen molar-refractivity contribution in [1.82, 2.24) is 10.3 Å². The van der Waals surface area contributed by atoms with Gasteiger partial charge in [-0.3, -0.25) is 4.98 Å². The van der Waals surface area contributed by atoms with Crippen molar-refractivity contribution in [1.29, 1.82) is 0 Å². The van der Waals surface area contributed by atoms with E-state index in [0.717, 1.165) is 17.9 Å². The second-order valence-electron chi connectivity index (χ2n) is 4.94. The van der Waals surface area contributed by atoms with Crippen molar-refractivity contribution in [3.05, 3.63) is 58.9 Å². The van der Waals surface area contributed by atoms with E-state index in [1.807, 2.05) is 24.3 Å². The van der Waals surface area contributed by atoms with E-state index >= 15 is 0 Å². The molecule has 0 bridgehead atoms. The predicted octanol–water partition coefficient (Wildman–Crippen LogP) is 3.81. The lowest BCUT2D eigenvalue weighted by Crippen LogP contribution is -2.21. The van der Waals surface area contributed by atoms with Gasteiger partial charge < -0.3 is 10.1 Å². The van der Waals surface area contributed by atoms with Gasteiger partial charge >= 0.3 is 0 Å². The average Bonchev–Trinajstić information content (AvgIpc) is 2.45. The van der Waals surface area contributed by atoms with Gasteiger partial charge in [0.15, 0.2) is 0 Å². The lowest BCUT2D eigenvalue weighted by Gasteiger charge is -2.11. The summed E-state index contributed by atoms with van der Waals surface area (Å²) in [6, 6.07) is 10.4. The molecule has 4 heteroatoms. The first-order chi connectivity index (χ1) is 9.65. The topological polar surface area (TPSA) is 34.1 Å². The van der Waals surface area contributed by atoms with Crippen LogP contribution < -0.4 is 10.1 Å². The van der Waals surface area contributed by atoms with Gasteiger partial charge in [-0.2, -0.15) is 0 Å². The molecule has 0 saturated carbocycles. The first kappa shape index (κ1) is 14.8. The number of rotatable bonds is 6. The van der Waals surface area contributed by atoms with Crippen LogP contribution in [0, 0.1) is 0 Å². The third-order valence-electron chi connectivity index (χ3n) is 2.86. The maximum Gasteiger partial charge on any atom is 0.120 e. The summed E-state index contributed by atoms with van der Waals surface area (Å²) in [5.74, 6) is 0.848. The zero-order valence-corrected chi connectivity index (χ0v) is 12.5. The molecule has 0 atom stereocenters. The Labute approximate surface area is 124 Å². The molecule has 2 rings (SSSR count). The summed E-state index contributed by atoms with van der Waals surface area (Å²) in [6.07, 6.45) is 3.34. The first-order valence-electron chi connectivity index (χ1n) is 6.68. The molecule has 1 heterocycles. The van der Waals surface area contributed by atoms with Gasteiger partial charge in [0, 0.05) is 30.5 Å². The Morgan fingerprint density at radius 1 is 1.30 bits per heavy atom. The lowest BCUT2D eigenvalue weighted by atomic mass is 10.2. The third-order valence-corrected chi connectivity index (χ3v) is 3.20. The highest BCUT2D eigenvalue weighted by Crippen LogP contribution is 2.18. The van der Waals surface area contributed by atoms with Gasteiger partial charge in [-0.05, 0) is 23.8 Å². The van der Waals surface area contributed by atoms with Crippen molar-refractivity contribution in [2.24, 2.45) is 0 Å². The fourth-order valence-electron chi connectivity index (χ4n) is 1.75. The van der Waals surface area contributed by atoms with Crippen LogP contribution in [0.4, 0.5) is 0 Å². The molecule has 0 spiro atoms. The van der Waals surface area contributed by atoms with Gasteiger partial charge in [0.05, 0.1) is 5.02 Å². The molecule has 0 aliphatic heterocycles. The van der Waals surface area contributed by atoms with E-state index in [-0.39, 0.29) is 0 Å². The van der Waals surface area contributed by atoms with E-state index < -0.39 is 0 Å². The standard InChI is InChI=1S/C16H19ClN2O/c1-12(2)19-9-13-4-3-5-15(8-13)20-11-14-6-7-18-10-16(14)17/h3-8,10,12,19H,9,11H2,1-2H3. The number of aromatic nitrogens is 1. The van der Waals surface area contributed by atoms with Crippen molar-refractivity contribution in [2.45, 2.75) is 33.0 Å². The molecule has 0 aliphatic carbocycles. The minimum atomic E-state index is 0.447. The average molecular weight is 291 g/mol. The van der Waals surface area contributed by atoms with Gasteiger partial charge in [0.25, 0.3) is 0 Å². The summed E-state index contributed by atoms with van der Waals surface area (Å²) >= 11 is 6.05. The van der Waals surface area contributed by atoms with Crippen LogP contribution >= 0.6 is 11.6 Å². The van der Waals surface area contributed by atoms with Crippen LogP contribution in [-0.2, 0) is 13.2 Å². The van der Waals surface area contributed by atoms with Crippen molar-refractivity contribution in [2.75, 3.05) is 0 Å². The van der Waals surface area contributed by atoms with Gasteiger partial charge in [0.2, 0.25) is 0 Å². The highest BCUT2D eigenvalue weighted by Gasteiger charge is 2.02. The Morgan fingerprint density at radius 3 is 2.90 bits per heavy atom. The first-order valence-corrected chi connectivity index (χ1v) is 7.06. The number of nitrogens with zero attached hydrogens (tertiary/aromatic N) is 1. The van der Waals surface area contributed by atoms with Crippen LogP contribution in [0.5, 0.6) is 5.75 Å². The summed E-state index contributed by atoms with van der Waals surface area (Å²) < 4.78 is 5.78. The second kappa shape index (κ2) is 7.27. The van der Waals surface area contributed by atoms with E-state index in [0.29, 0.717) is 17.7 Å². The largest absolute Gasteiger partial charge is 0.489 e. The SMILES string of the molecule is CC(C)NCc1cccc(OCc2ccncc2Cl)c1. The minimum absolute atomic E-state index is 0.447. The van der Waals surface area contributed by atoms with Crippen LogP contribution in [0.2, 0.25) is 5.02 Å². The number of benzene rings is 1. The van der Waals surface area contributed by atoms with Crippen LogP contribution in [-0.4, -0.2) is 11.0 Å². The molecule has 2 aromatic rings. The second-order valence-corrected chi connectivity index (χ2v) is 5.35. The molecule has 1 N–H and O–H groups in total. The van der Waals surface area contributed by atoms with Crippen molar-refractivity contribution >= 4 is 11.6 Å². The number of nitrogens with one attached hydrogen (secondary N) is 1. The molecular formula is C16H19ClN2O. The van der Waals surface area contributed by atoms with Gasteiger partial charge in [-0.15, -0.1) is 0 Å².